The van der Waals surface area contributed by atoms with Crippen molar-refractivity contribution in [2.75, 3.05) is 25.6 Å². The molecule has 3 amide bonds. The van der Waals surface area contributed by atoms with Crippen molar-refractivity contribution in [3.8, 4) is 0 Å². The molecule has 0 spiro atoms. The van der Waals surface area contributed by atoms with Crippen LogP contribution >= 0.6 is 11.6 Å². The van der Waals surface area contributed by atoms with Gasteiger partial charge in [-0.2, -0.15) is 0 Å². The van der Waals surface area contributed by atoms with E-state index in [2.05, 4.69) is 15.8 Å². The Morgan fingerprint density at radius 3 is 2.48 bits per heavy atom. The second kappa shape index (κ2) is 11.8. The van der Waals surface area contributed by atoms with Crippen molar-refractivity contribution in [1.82, 2.24) is 15.4 Å². The number of hydrogen-bond acceptors (Lipinski definition) is 6. The van der Waals surface area contributed by atoms with Crippen LogP contribution in [0.2, 0.25) is 5.02 Å². The number of methoxy groups -OCH3 is 1. The molecule has 1 aromatic carbocycles. The molecule has 1 aromatic heterocycles. The fourth-order valence-corrected chi connectivity index (χ4v) is 3.41. The number of aromatic nitrogens is 1. The van der Waals surface area contributed by atoms with Gasteiger partial charge in [-0.05, 0) is 33.8 Å². The Bertz CT molecular complexity index is 970. The second-order valence-electron chi connectivity index (χ2n) is 8.61. The third kappa shape index (κ3) is 8.18. The van der Waals surface area contributed by atoms with Gasteiger partial charge in [-0.25, -0.2) is 0 Å². The van der Waals surface area contributed by atoms with E-state index in [1.807, 2.05) is 20.8 Å². The van der Waals surface area contributed by atoms with Gasteiger partial charge in [0.15, 0.2) is 5.82 Å². The van der Waals surface area contributed by atoms with Crippen LogP contribution in [0.3, 0.4) is 0 Å². The summed E-state index contributed by atoms with van der Waals surface area (Å²) in [4.78, 5) is 40.2. The number of carbonyl (C=O) groups excluding carboxylic acids is 3. The van der Waals surface area contributed by atoms with Gasteiger partial charge >= 0.3 is 0 Å². The number of benzene rings is 1. The molecule has 0 radical (unpaired) electrons. The van der Waals surface area contributed by atoms with E-state index in [9.17, 15) is 14.4 Å². The van der Waals surface area contributed by atoms with Crippen molar-refractivity contribution in [3.63, 3.8) is 0 Å². The number of hydrogen-bond donors (Lipinski definition) is 2. The van der Waals surface area contributed by atoms with Crippen molar-refractivity contribution < 1.29 is 23.6 Å². The van der Waals surface area contributed by atoms with Crippen LogP contribution in [-0.2, 0) is 19.1 Å². The van der Waals surface area contributed by atoms with E-state index >= 15 is 0 Å². The van der Waals surface area contributed by atoms with Gasteiger partial charge in [0.1, 0.15) is 11.8 Å². The Labute approximate surface area is 198 Å². The molecule has 2 aromatic rings. The monoisotopic (exact) mass is 478 g/mol. The summed E-state index contributed by atoms with van der Waals surface area (Å²) in [5.74, 6) is -0.314. The number of nitrogens with one attached hydrogen (secondary N) is 2. The van der Waals surface area contributed by atoms with E-state index < -0.39 is 17.5 Å². The zero-order valence-electron chi connectivity index (χ0n) is 19.6. The molecule has 0 aliphatic carbocycles. The molecule has 2 N–H and O–H groups in total. The number of aryl methyl sites for hydroxylation is 1. The van der Waals surface area contributed by atoms with Crippen LogP contribution in [0.5, 0.6) is 0 Å². The quantitative estimate of drug-likeness (QED) is 0.540. The highest BCUT2D eigenvalue weighted by Crippen LogP contribution is 2.29. The van der Waals surface area contributed by atoms with Crippen LogP contribution in [-0.4, -0.2) is 53.6 Å². The van der Waals surface area contributed by atoms with Crippen molar-refractivity contribution in [2.24, 2.45) is 0 Å². The first-order chi connectivity index (χ1) is 15.5. The van der Waals surface area contributed by atoms with E-state index in [-0.39, 0.29) is 43.6 Å². The van der Waals surface area contributed by atoms with Crippen LogP contribution in [0, 0.1) is 6.92 Å². The number of halogens is 1. The molecule has 0 saturated carbocycles. The molecular formula is C23H31ClN4O5. The molecule has 0 aliphatic rings. The number of carbonyl (C=O) groups is 3. The first-order valence-corrected chi connectivity index (χ1v) is 11.0. The Kier molecular flexibility index (Phi) is 9.43. The average Bonchev–Trinajstić information content (AvgIpc) is 3.13. The highest BCUT2D eigenvalue weighted by atomic mass is 35.5. The summed E-state index contributed by atoms with van der Waals surface area (Å²) in [5.41, 5.74) is -0.0322. The Hall–Kier alpha value is -2.91. The highest BCUT2D eigenvalue weighted by Gasteiger charge is 2.34. The van der Waals surface area contributed by atoms with Crippen LogP contribution in [0.25, 0.3) is 0 Å². The maximum Gasteiger partial charge on any atom is 0.247 e. The fourth-order valence-electron chi connectivity index (χ4n) is 3.17. The van der Waals surface area contributed by atoms with Gasteiger partial charge in [-0.1, -0.05) is 35.0 Å². The lowest BCUT2D eigenvalue weighted by Crippen LogP contribution is -2.50. The molecule has 0 bridgehead atoms. The number of amides is 3. The lowest BCUT2D eigenvalue weighted by Gasteiger charge is -2.34. The molecule has 1 heterocycles. The Morgan fingerprint density at radius 2 is 1.91 bits per heavy atom. The SMILES string of the molecule is COCCN(C(=O)CCC(=O)Nc1cc(C)on1)[C@H](C(=O)NC(C)(C)C)c1ccccc1Cl. The highest BCUT2D eigenvalue weighted by molar-refractivity contribution is 6.31. The van der Waals surface area contributed by atoms with E-state index in [1.165, 1.54) is 12.0 Å². The maximum absolute atomic E-state index is 13.3. The summed E-state index contributed by atoms with van der Waals surface area (Å²) in [7, 11) is 1.51. The second-order valence-corrected chi connectivity index (χ2v) is 9.02. The molecule has 0 aliphatic heterocycles. The zero-order chi connectivity index (χ0) is 24.6. The van der Waals surface area contributed by atoms with Crippen LogP contribution in [0.15, 0.2) is 34.9 Å². The summed E-state index contributed by atoms with van der Waals surface area (Å²) < 4.78 is 10.1. The van der Waals surface area contributed by atoms with Gasteiger partial charge in [0.05, 0.1) is 6.61 Å². The minimum absolute atomic E-state index is 0.0929. The molecule has 2 rings (SSSR count). The average molecular weight is 479 g/mol. The Balaban J connectivity index is 2.25. The van der Waals surface area contributed by atoms with Crippen molar-refractivity contribution in [2.45, 2.75) is 52.1 Å². The first kappa shape index (κ1) is 26.3. The number of nitrogens with zero attached hydrogens (tertiary/aromatic N) is 2. The molecule has 33 heavy (non-hydrogen) atoms. The first-order valence-electron chi connectivity index (χ1n) is 10.6. The molecule has 10 heteroatoms. The van der Waals surface area contributed by atoms with Gasteiger partial charge in [-0.15, -0.1) is 0 Å². The number of ether oxygens (including phenoxy) is 1. The summed E-state index contributed by atoms with van der Waals surface area (Å²) in [6, 6.07) is 7.48. The predicted octanol–water partition coefficient (Wildman–Crippen LogP) is 3.49. The fraction of sp³-hybridized carbons (Fsp3) is 0.478. The number of anilines is 1. The number of rotatable bonds is 10. The minimum Gasteiger partial charge on any atom is -0.383 e. The summed E-state index contributed by atoms with van der Waals surface area (Å²) in [6.07, 6.45) is -0.208. The Morgan fingerprint density at radius 1 is 1.21 bits per heavy atom. The molecule has 0 fully saturated rings. The minimum atomic E-state index is -0.984. The van der Waals surface area contributed by atoms with E-state index in [0.29, 0.717) is 16.3 Å². The van der Waals surface area contributed by atoms with Gasteiger partial charge in [0, 0.05) is 48.7 Å². The summed E-state index contributed by atoms with van der Waals surface area (Å²) >= 11 is 6.41. The molecule has 0 unspecified atom stereocenters. The molecular weight excluding hydrogens is 448 g/mol. The van der Waals surface area contributed by atoms with Crippen LogP contribution in [0.4, 0.5) is 5.82 Å². The maximum atomic E-state index is 13.3. The van der Waals surface area contributed by atoms with Crippen molar-refractivity contribution in [1.29, 1.82) is 0 Å². The lowest BCUT2D eigenvalue weighted by atomic mass is 10.0. The van der Waals surface area contributed by atoms with Crippen molar-refractivity contribution >= 4 is 35.1 Å². The van der Waals surface area contributed by atoms with Crippen LogP contribution in [0.1, 0.15) is 51.0 Å². The molecule has 180 valence electrons. The van der Waals surface area contributed by atoms with E-state index in [4.69, 9.17) is 20.9 Å². The van der Waals surface area contributed by atoms with Gasteiger partial charge < -0.3 is 24.8 Å². The van der Waals surface area contributed by atoms with E-state index in [0.717, 1.165) is 0 Å². The van der Waals surface area contributed by atoms with Gasteiger partial charge in [0.2, 0.25) is 17.7 Å². The summed E-state index contributed by atoms with van der Waals surface area (Å²) in [6.45, 7) is 7.62. The molecule has 1 atom stereocenters. The zero-order valence-corrected chi connectivity index (χ0v) is 20.4. The smallest absolute Gasteiger partial charge is 0.247 e. The third-order valence-corrected chi connectivity index (χ3v) is 4.92. The topological polar surface area (TPSA) is 114 Å². The third-order valence-electron chi connectivity index (χ3n) is 4.58. The van der Waals surface area contributed by atoms with Crippen molar-refractivity contribution in [3.05, 3.63) is 46.7 Å². The van der Waals surface area contributed by atoms with Crippen LogP contribution < -0.4 is 10.6 Å². The normalized spacial score (nSPS) is 12.2. The molecule has 0 saturated heterocycles. The lowest BCUT2D eigenvalue weighted by molar-refractivity contribution is -0.142. The summed E-state index contributed by atoms with van der Waals surface area (Å²) in [5, 5.41) is 9.58. The largest absolute Gasteiger partial charge is 0.383 e. The standard InChI is InChI=1S/C23H31ClN4O5/c1-15-14-18(27-33-15)25-19(29)10-11-20(30)28(12-13-32-5)21(22(31)26-23(2,3)4)16-8-6-7-9-17(16)24/h6-9,14,21H,10-13H2,1-5H3,(H,26,31)(H,25,27,29)/t21-/m0/s1. The predicted molar refractivity (Wildman–Crippen MR) is 125 cm³/mol. The van der Waals surface area contributed by atoms with Gasteiger partial charge in [0.25, 0.3) is 0 Å². The van der Waals surface area contributed by atoms with Gasteiger partial charge in [-0.3, -0.25) is 14.4 Å². The molecule has 9 nitrogen and oxygen atoms in total. The van der Waals surface area contributed by atoms with E-state index in [1.54, 1.807) is 37.3 Å².